The van der Waals surface area contributed by atoms with E-state index in [1.165, 1.54) is 11.8 Å². The summed E-state index contributed by atoms with van der Waals surface area (Å²) in [6, 6.07) is 17.2. The molecule has 0 spiro atoms. The second-order valence-corrected chi connectivity index (χ2v) is 12.3. The standard InChI is InChI=1S/C32H35N5O6S2/c1-6-42-30(40)26-20(4)27(31(41)43-7-2)45-29(26)34-28(39)21(5)44-32-36-35-24(37(32)23-15-11-12-19(3)16-23)18-33-25(38)17-22-13-9-8-10-14-22/h8-16,21H,6-7,17-18H2,1-5H3,(H,33,38)(H,34,39). The number of anilines is 1. The molecule has 0 fully saturated rings. The maximum Gasteiger partial charge on any atom is 0.348 e. The van der Waals surface area contributed by atoms with Gasteiger partial charge in [-0.05, 0) is 63.4 Å². The summed E-state index contributed by atoms with van der Waals surface area (Å²) in [5.74, 6) is -1.31. The van der Waals surface area contributed by atoms with E-state index in [0.717, 1.165) is 28.2 Å². The SMILES string of the molecule is CCOC(=O)c1sc(NC(=O)C(C)Sc2nnc(CNC(=O)Cc3ccccc3)n2-c2cccc(C)c2)c(C(=O)OCC)c1C. The number of carbonyl (C=O) groups is 4. The third-order valence-corrected chi connectivity index (χ3v) is 8.82. The lowest BCUT2D eigenvalue weighted by molar-refractivity contribution is -0.120. The number of benzene rings is 2. The maximum atomic E-state index is 13.5. The zero-order valence-electron chi connectivity index (χ0n) is 25.7. The Bertz CT molecular complexity index is 1680. The zero-order chi connectivity index (χ0) is 32.5. The van der Waals surface area contributed by atoms with Crippen molar-refractivity contribution in [2.45, 2.75) is 58.0 Å². The van der Waals surface area contributed by atoms with Crippen LogP contribution in [0.2, 0.25) is 0 Å². The Labute approximate surface area is 269 Å². The van der Waals surface area contributed by atoms with Gasteiger partial charge in [0.1, 0.15) is 9.88 Å². The molecule has 13 heteroatoms. The number of nitrogens with zero attached hydrogens (tertiary/aromatic N) is 3. The molecule has 45 heavy (non-hydrogen) atoms. The van der Waals surface area contributed by atoms with Crippen molar-refractivity contribution in [2.24, 2.45) is 0 Å². The molecule has 2 aromatic carbocycles. The van der Waals surface area contributed by atoms with Crippen molar-refractivity contribution in [3.05, 3.63) is 87.6 Å². The summed E-state index contributed by atoms with van der Waals surface area (Å²) in [5, 5.41) is 14.4. The topological polar surface area (TPSA) is 142 Å². The van der Waals surface area contributed by atoms with E-state index in [0.29, 0.717) is 16.5 Å². The van der Waals surface area contributed by atoms with Gasteiger partial charge in [-0.25, -0.2) is 9.59 Å². The number of hydrogen-bond acceptors (Lipinski definition) is 10. The fraction of sp³-hybridized carbons (Fsp3) is 0.312. The number of hydrogen-bond donors (Lipinski definition) is 2. The lowest BCUT2D eigenvalue weighted by Crippen LogP contribution is -2.26. The average molecular weight is 650 g/mol. The van der Waals surface area contributed by atoms with Crippen molar-refractivity contribution >= 4 is 51.9 Å². The number of esters is 2. The summed E-state index contributed by atoms with van der Waals surface area (Å²) in [5.41, 5.74) is 3.18. The van der Waals surface area contributed by atoms with E-state index in [-0.39, 0.29) is 47.5 Å². The van der Waals surface area contributed by atoms with Gasteiger partial charge in [-0.3, -0.25) is 14.2 Å². The minimum absolute atomic E-state index is 0.118. The van der Waals surface area contributed by atoms with E-state index in [2.05, 4.69) is 20.8 Å². The summed E-state index contributed by atoms with van der Waals surface area (Å²) in [7, 11) is 0. The zero-order valence-corrected chi connectivity index (χ0v) is 27.3. The monoisotopic (exact) mass is 649 g/mol. The van der Waals surface area contributed by atoms with Gasteiger partial charge >= 0.3 is 11.9 Å². The summed E-state index contributed by atoms with van der Waals surface area (Å²) < 4.78 is 12.1. The van der Waals surface area contributed by atoms with Gasteiger partial charge in [0.05, 0.1) is 37.0 Å². The predicted octanol–water partition coefficient (Wildman–Crippen LogP) is 5.28. The number of nitrogens with one attached hydrogen (secondary N) is 2. The Morgan fingerprint density at radius 2 is 1.67 bits per heavy atom. The van der Waals surface area contributed by atoms with Crippen LogP contribution in [0.3, 0.4) is 0 Å². The molecule has 0 bridgehead atoms. The molecule has 0 saturated heterocycles. The van der Waals surface area contributed by atoms with E-state index in [4.69, 9.17) is 9.47 Å². The average Bonchev–Trinajstić information content (AvgIpc) is 3.56. The molecule has 0 aliphatic carbocycles. The number of aromatic nitrogens is 3. The van der Waals surface area contributed by atoms with E-state index in [1.807, 2.05) is 66.1 Å². The van der Waals surface area contributed by atoms with Crippen molar-refractivity contribution < 1.29 is 28.7 Å². The van der Waals surface area contributed by atoms with Crippen LogP contribution in [0.1, 0.15) is 63.3 Å². The third-order valence-electron chi connectivity index (χ3n) is 6.59. The normalized spacial score (nSPS) is 11.5. The molecule has 0 aliphatic rings. The first-order chi connectivity index (χ1) is 21.6. The van der Waals surface area contributed by atoms with Crippen LogP contribution in [-0.4, -0.2) is 57.0 Å². The van der Waals surface area contributed by atoms with E-state index < -0.39 is 23.1 Å². The largest absolute Gasteiger partial charge is 0.462 e. The highest BCUT2D eigenvalue weighted by Crippen LogP contribution is 2.35. The lowest BCUT2D eigenvalue weighted by atomic mass is 10.1. The Hall–Kier alpha value is -4.49. The fourth-order valence-electron chi connectivity index (χ4n) is 4.41. The van der Waals surface area contributed by atoms with Crippen molar-refractivity contribution in [2.75, 3.05) is 18.5 Å². The van der Waals surface area contributed by atoms with Gasteiger partial charge < -0.3 is 20.1 Å². The number of ether oxygens (including phenoxy) is 2. The minimum atomic E-state index is -0.693. The Kier molecular flexibility index (Phi) is 11.5. The number of thiophene rings is 1. The summed E-state index contributed by atoms with van der Waals surface area (Å²) >= 11 is 2.13. The van der Waals surface area contributed by atoms with Crippen LogP contribution >= 0.6 is 23.1 Å². The molecule has 2 heterocycles. The Morgan fingerprint density at radius 1 is 0.956 bits per heavy atom. The molecule has 0 saturated carbocycles. The molecule has 236 valence electrons. The first-order valence-corrected chi connectivity index (χ1v) is 16.1. The van der Waals surface area contributed by atoms with Crippen LogP contribution in [0.4, 0.5) is 5.00 Å². The Balaban J connectivity index is 1.56. The van der Waals surface area contributed by atoms with Crippen molar-refractivity contribution in [1.29, 1.82) is 0 Å². The molecule has 11 nitrogen and oxygen atoms in total. The van der Waals surface area contributed by atoms with Crippen LogP contribution < -0.4 is 10.6 Å². The van der Waals surface area contributed by atoms with Crippen LogP contribution in [0.5, 0.6) is 0 Å². The highest BCUT2D eigenvalue weighted by Gasteiger charge is 2.29. The highest BCUT2D eigenvalue weighted by molar-refractivity contribution is 8.00. The van der Waals surface area contributed by atoms with E-state index in [1.54, 1.807) is 27.7 Å². The molecule has 2 amide bonds. The van der Waals surface area contributed by atoms with Crippen molar-refractivity contribution in [1.82, 2.24) is 20.1 Å². The number of rotatable bonds is 13. The van der Waals surface area contributed by atoms with Crippen LogP contribution in [-0.2, 0) is 32.0 Å². The van der Waals surface area contributed by atoms with Gasteiger partial charge in [-0.2, -0.15) is 0 Å². The quantitative estimate of drug-likeness (QED) is 0.146. The molecular formula is C32H35N5O6S2. The van der Waals surface area contributed by atoms with Gasteiger partial charge in [-0.1, -0.05) is 54.2 Å². The van der Waals surface area contributed by atoms with E-state index in [9.17, 15) is 19.2 Å². The van der Waals surface area contributed by atoms with Crippen LogP contribution in [0, 0.1) is 13.8 Å². The smallest absolute Gasteiger partial charge is 0.348 e. The number of aryl methyl sites for hydroxylation is 1. The molecule has 1 atom stereocenters. The molecule has 0 radical (unpaired) electrons. The molecule has 2 N–H and O–H groups in total. The first-order valence-electron chi connectivity index (χ1n) is 14.4. The number of carbonyl (C=O) groups excluding carboxylic acids is 4. The van der Waals surface area contributed by atoms with Crippen molar-refractivity contribution in [3.8, 4) is 5.69 Å². The molecule has 1 unspecified atom stereocenters. The van der Waals surface area contributed by atoms with Crippen molar-refractivity contribution in [3.63, 3.8) is 0 Å². The molecule has 4 aromatic rings. The van der Waals surface area contributed by atoms with Gasteiger partial charge in [0.15, 0.2) is 11.0 Å². The predicted molar refractivity (Wildman–Crippen MR) is 173 cm³/mol. The Morgan fingerprint density at radius 3 is 2.36 bits per heavy atom. The first kappa shape index (κ1) is 33.4. The summed E-state index contributed by atoms with van der Waals surface area (Å²) in [6.45, 7) is 9.08. The highest BCUT2D eigenvalue weighted by atomic mass is 32.2. The lowest BCUT2D eigenvalue weighted by Gasteiger charge is -2.15. The maximum absolute atomic E-state index is 13.5. The van der Waals surface area contributed by atoms with Gasteiger partial charge in [-0.15, -0.1) is 21.5 Å². The molecular weight excluding hydrogens is 615 g/mol. The second-order valence-electron chi connectivity index (χ2n) is 9.96. The van der Waals surface area contributed by atoms with Gasteiger partial charge in [0, 0.05) is 5.69 Å². The van der Waals surface area contributed by atoms with Crippen LogP contribution in [0.25, 0.3) is 5.69 Å². The van der Waals surface area contributed by atoms with Gasteiger partial charge in [0.25, 0.3) is 0 Å². The molecule has 2 aromatic heterocycles. The van der Waals surface area contributed by atoms with Gasteiger partial charge in [0.2, 0.25) is 11.8 Å². The summed E-state index contributed by atoms with van der Waals surface area (Å²) in [4.78, 5) is 51.7. The number of amides is 2. The minimum Gasteiger partial charge on any atom is -0.462 e. The van der Waals surface area contributed by atoms with E-state index >= 15 is 0 Å². The third kappa shape index (κ3) is 8.37. The molecule has 0 aliphatic heterocycles. The number of thioether (sulfide) groups is 1. The fourth-order valence-corrected chi connectivity index (χ4v) is 6.38. The molecule has 4 rings (SSSR count). The second kappa shape index (κ2) is 15.5. The summed E-state index contributed by atoms with van der Waals surface area (Å²) in [6.07, 6.45) is 0.228. The van der Waals surface area contributed by atoms with Crippen LogP contribution in [0.15, 0.2) is 59.8 Å².